The summed E-state index contributed by atoms with van der Waals surface area (Å²) in [6, 6.07) is 5.83. The van der Waals surface area contributed by atoms with Gasteiger partial charge in [0.2, 0.25) is 0 Å². The van der Waals surface area contributed by atoms with E-state index in [2.05, 4.69) is 13.8 Å². The van der Waals surface area contributed by atoms with Crippen LogP contribution in [0.4, 0.5) is 0 Å². The van der Waals surface area contributed by atoms with E-state index in [0.717, 1.165) is 17.1 Å². The van der Waals surface area contributed by atoms with Gasteiger partial charge in [-0.15, -0.1) is 11.6 Å². The Balaban J connectivity index is 2.26. The van der Waals surface area contributed by atoms with Crippen molar-refractivity contribution in [3.63, 3.8) is 0 Å². The molecule has 1 aliphatic rings. The fraction of sp³-hybridized carbons (Fsp3) is 0.571. The Morgan fingerprint density at radius 2 is 1.94 bits per heavy atom. The van der Waals surface area contributed by atoms with E-state index in [1.807, 2.05) is 18.2 Å². The van der Waals surface area contributed by atoms with E-state index in [0.29, 0.717) is 11.3 Å². The summed E-state index contributed by atoms with van der Waals surface area (Å²) >= 11 is 6.55. The van der Waals surface area contributed by atoms with Crippen molar-refractivity contribution in [1.82, 2.24) is 0 Å². The molecule has 1 aliphatic carbocycles. The molecule has 0 radical (unpaired) electrons. The van der Waals surface area contributed by atoms with Crippen LogP contribution in [0.2, 0.25) is 0 Å². The van der Waals surface area contributed by atoms with Gasteiger partial charge in [0.05, 0.1) is 19.6 Å². The molecule has 2 nitrogen and oxygen atoms in total. The van der Waals surface area contributed by atoms with Crippen molar-refractivity contribution in [2.24, 2.45) is 11.3 Å². The minimum atomic E-state index is 0.0193. The van der Waals surface area contributed by atoms with Crippen LogP contribution >= 0.6 is 11.6 Å². The Kier molecular flexibility index (Phi) is 3.26. The third kappa shape index (κ3) is 2.37. The van der Waals surface area contributed by atoms with Gasteiger partial charge in [-0.25, -0.2) is 0 Å². The first-order chi connectivity index (χ1) is 7.99. The van der Waals surface area contributed by atoms with Crippen LogP contribution in [-0.2, 0) is 0 Å². The standard InChI is InChI=1S/C14H19ClO2/c1-14(2)8-11(14)13(15)10-6-5-9(16-3)7-12(10)17-4/h5-7,11,13H,8H2,1-4H3. The molecule has 0 amide bonds. The number of halogens is 1. The second-order valence-electron chi connectivity index (χ2n) is 5.31. The van der Waals surface area contributed by atoms with Gasteiger partial charge in [-0.1, -0.05) is 19.9 Å². The predicted molar refractivity (Wildman–Crippen MR) is 70.0 cm³/mol. The first-order valence-corrected chi connectivity index (χ1v) is 6.29. The number of hydrogen-bond acceptors (Lipinski definition) is 2. The lowest BCUT2D eigenvalue weighted by molar-refractivity contribution is 0.389. The molecule has 0 heterocycles. The summed E-state index contributed by atoms with van der Waals surface area (Å²) in [7, 11) is 3.32. The summed E-state index contributed by atoms with van der Waals surface area (Å²) in [6.07, 6.45) is 1.18. The van der Waals surface area contributed by atoms with Gasteiger partial charge in [0.1, 0.15) is 11.5 Å². The van der Waals surface area contributed by atoms with Crippen LogP contribution in [0.1, 0.15) is 31.2 Å². The smallest absolute Gasteiger partial charge is 0.127 e. The van der Waals surface area contributed by atoms with Gasteiger partial charge < -0.3 is 9.47 Å². The molecule has 0 spiro atoms. The minimum Gasteiger partial charge on any atom is -0.497 e. The molecule has 1 fully saturated rings. The summed E-state index contributed by atoms with van der Waals surface area (Å²) in [5, 5.41) is 0.0193. The van der Waals surface area contributed by atoms with Gasteiger partial charge in [0, 0.05) is 11.6 Å². The van der Waals surface area contributed by atoms with Gasteiger partial charge in [-0.2, -0.15) is 0 Å². The lowest BCUT2D eigenvalue weighted by Crippen LogP contribution is -2.02. The van der Waals surface area contributed by atoms with Crippen LogP contribution in [0.15, 0.2) is 18.2 Å². The lowest BCUT2D eigenvalue weighted by Gasteiger charge is -2.16. The maximum absolute atomic E-state index is 6.55. The van der Waals surface area contributed by atoms with Crippen molar-refractivity contribution in [3.05, 3.63) is 23.8 Å². The number of hydrogen-bond donors (Lipinski definition) is 0. The summed E-state index contributed by atoms with van der Waals surface area (Å²) in [5.41, 5.74) is 1.42. The Bertz CT molecular complexity index is 415. The van der Waals surface area contributed by atoms with Gasteiger partial charge in [0.25, 0.3) is 0 Å². The molecule has 1 aromatic carbocycles. The van der Waals surface area contributed by atoms with E-state index in [4.69, 9.17) is 21.1 Å². The van der Waals surface area contributed by atoms with Crippen molar-refractivity contribution < 1.29 is 9.47 Å². The average molecular weight is 255 g/mol. The maximum atomic E-state index is 6.55. The zero-order valence-electron chi connectivity index (χ0n) is 10.8. The molecule has 0 bridgehead atoms. The molecule has 17 heavy (non-hydrogen) atoms. The van der Waals surface area contributed by atoms with E-state index in [1.54, 1.807) is 14.2 Å². The van der Waals surface area contributed by atoms with Crippen molar-refractivity contribution >= 4 is 11.6 Å². The number of benzene rings is 1. The number of methoxy groups -OCH3 is 2. The zero-order valence-corrected chi connectivity index (χ0v) is 11.5. The first kappa shape index (κ1) is 12.6. The second kappa shape index (κ2) is 4.41. The number of alkyl halides is 1. The topological polar surface area (TPSA) is 18.5 Å². The van der Waals surface area contributed by atoms with Gasteiger partial charge in [-0.3, -0.25) is 0 Å². The van der Waals surface area contributed by atoms with Crippen LogP contribution < -0.4 is 9.47 Å². The van der Waals surface area contributed by atoms with Crippen molar-refractivity contribution in [2.45, 2.75) is 25.6 Å². The Morgan fingerprint density at radius 1 is 1.29 bits per heavy atom. The molecule has 94 valence electrons. The molecular weight excluding hydrogens is 236 g/mol. The number of rotatable bonds is 4. The van der Waals surface area contributed by atoms with Crippen LogP contribution in [0.5, 0.6) is 11.5 Å². The highest BCUT2D eigenvalue weighted by Crippen LogP contribution is 2.60. The molecule has 0 saturated heterocycles. The highest BCUT2D eigenvalue weighted by molar-refractivity contribution is 6.21. The SMILES string of the molecule is COc1ccc(C(Cl)C2CC2(C)C)c(OC)c1. The highest BCUT2D eigenvalue weighted by Gasteiger charge is 2.50. The predicted octanol–water partition coefficient (Wildman–Crippen LogP) is 4.03. The largest absolute Gasteiger partial charge is 0.497 e. The van der Waals surface area contributed by atoms with Gasteiger partial charge in [0.15, 0.2) is 0 Å². The van der Waals surface area contributed by atoms with Crippen LogP contribution in [0, 0.1) is 11.3 Å². The van der Waals surface area contributed by atoms with E-state index in [1.165, 1.54) is 6.42 Å². The van der Waals surface area contributed by atoms with E-state index in [9.17, 15) is 0 Å². The summed E-state index contributed by atoms with van der Waals surface area (Å²) < 4.78 is 10.6. The molecule has 2 unspecified atom stereocenters. The molecule has 3 heteroatoms. The van der Waals surface area contributed by atoms with Crippen molar-refractivity contribution in [2.75, 3.05) is 14.2 Å². The van der Waals surface area contributed by atoms with Crippen molar-refractivity contribution in [3.8, 4) is 11.5 Å². The summed E-state index contributed by atoms with van der Waals surface area (Å²) in [4.78, 5) is 0. The van der Waals surface area contributed by atoms with Gasteiger partial charge in [-0.05, 0) is 23.8 Å². The molecule has 2 atom stereocenters. The Labute approximate surface area is 108 Å². The van der Waals surface area contributed by atoms with Crippen LogP contribution in [-0.4, -0.2) is 14.2 Å². The Hall–Kier alpha value is -0.890. The van der Waals surface area contributed by atoms with E-state index >= 15 is 0 Å². The molecule has 1 saturated carbocycles. The normalized spacial score (nSPS) is 23.0. The fourth-order valence-electron chi connectivity index (χ4n) is 2.27. The molecule has 0 N–H and O–H groups in total. The van der Waals surface area contributed by atoms with Gasteiger partial charge >= 0.3 is 0 Å². The maximum Gasteiger partial charge on any atom is 0.127 e. The van der Waals surface area contributed by atoms with Crippen LogP contribution in [0.3, 0.4) is 0 Å². The molecule has 0 aromatic heterocycles. The monoisotopic (exact) mass is 254 g/mol. The average Bonchev–Trinajstić information content (AvgIpc) is 2.96. The lowest BCUT2D eigenvalue weighted by atomic mass is 10.0. The second-order valence-corrected chi connectivity index (χ2v) is 5.78. The van der Waals surface area contributed by atoms with E-state index < -0.39 is 0 Å². The van der Waals surface area contributed by atoms with Crippen LogP contribution in [0.25, 0.3) is 0 Å². The summed E-state index contributed by atoms with van der Waals surface area (Å²) in [5.74, 6) is 2.14. The molecule has 1 aromatic rings. The Morgan fingerprint density at radius 3 is 2.41 bits per heavy atom. The molecule has 2 rings (SSSR count). The number of ether oxygens (including phenoxy) is 2. The third-order valence-electron chi connectivity index (χ3n) is 3.68. The first-order valence-electron chi connectivity index (χ1n) is 5.85. The third-order valence-corrected chi connectivity index (χ3v) is 4.22. The fourth-order valence-corrected chi connectivity index (χ4v) is 2.88. The molecular formula is C14H19ClO2. The van der Waals surface area contributed by atoms with E-state index in [-0.39, 0.29) is 5.38 Å². The highest BCUT2D eigenvalue weighted by atomic mass is 35.5. The zero-order chi connectivity index (χ0) is 12.6. The molecule has 0 aliphatic heterocycles. The summed E-state index contributed by atoms with van der Waals surface area (Å²) in [6.45, 7) is 4.51. The quantitative estimate of drug-likeness (QED) is 0.756. The van der Waals surface area contributed by atoms with Crippen molar-refractivity contribution in [1.29, 1.82) is 0 Å². The minimum absolute atomic E-state index is 0.0193.